The molecule has 108 valence electrons. The minimum absolute atomic E-state index is 0.190. The average Bonchev–Trinajstić information content (AvgIpc) is 2.95. The maximum Gasteiger partial charge on any atom is 0.285 e. The number of rotatable bonds is 4. The van der Waals surface area contributed by atoms with Crippen molar-refractivity contribution in [1.82, 2.24) is 14.9 Å². The number of aromatic amines is 1. The molecule has 0 fully saturated rings. The van der Waals surface area contributed by atoms with Crippen LogP contribution in [-0.2, 0) is 11.3 Å². The second kappa shape index (κ2) is 5.82. The van der Waals surface area contributed by atoms with Crippen molar-refractivity contribution in [3.05, 3.63) is 62.8 Å². The summed E-state index contributed by atoms with van der Waals surface area (Å²) in [5, 5.41) is 12.7. The zero-order chi connectivity index (χ0) is 15.4. The first-order valence-electron chi connectivity index (χ1n) is 5.80. The van der Waals surface area contributed by atoms with Crippen molar-refractivity contribution in [2.75, 3.05) is 0 Å². The fourth-order valence-electron chi connectivity index (χ4n) is 1.61. The topological polar surface area (TPSA) is 127 Å². The molecule has 21 heavy (non-hydrogen) atoms. The molecule has 0 unspecified atom stereocenters. The molecule has 0 saturated heterocycles. The van der Waals surface area contributed by atoms with E-state index in [0.29, 0.717) is 0 Å². The first kappa shape index (κ1) is 14.2. The Morgan fingerprint density at radius 2 is 2.10 bits per heavy atom. The van der Waals surface area contributed by atoms with Crippen LogP contribution in [0.4, 0.5) is 5.69 Å². The van der Waals surface area contributed by atoms with Crippen LogP contribution < -0.4 is 10.9 Å². The molecule has 0 aliphatic carbocycles. The minimum Gasteiger partial charge on any atom is -0.357 e. The van der Waals surface area contributed by atoms with E-state index < -0.39 is 28.8 Å². The number of hydrogen-bond donors (Lipinski definition) is 2. The number of imide groups is 1. The smallest absolute Gasteiger partial charge is 0.285 e. The molecule has 2 N–H and O–H groups in total. The van der Waals surface area contributed by atoms with Gasteiger partial charge in [-0.1, -0.05) is 0 Å². The lowest BCUT2D eigenvalue weighted by Crippen LogP contribution is -2.36. The molecule has 0 aliphatic heterocycles. The van der Waals surface area contributed by atoms with Gasteiger partial charge in [0.15, 0.2) is 0 Å². The summed E-state index contributed by atoms with van der Waals surface area (Å²) in [7, 11) is 0. The zero-order valence-electron chi connectivity index (χ0n) is 10.6. The van der Waals surface area contributed by atoms with Crippen LogP contribution in [0.2, 0.25) is 0 Å². The van der Waals surface area contributed by atoms with E-state index in [1.807, 2.05) is 0 Å². The summed E-state index contributed by atoms with van der Waals surface area (Å²) in [5.41, 5.74) is -0.712. The van der Waals surface area contributed by atoms with E-state index in [1.54, 1.807) is 6.07 Å². The highest BCUT2D eigenvalue weighted by molar-refractivity contribution is 6.03. The molecule has 0 saturated carbocycles. The van der Waals surface area contributed by atoms with Crippen molar-refractivity contribution < 1.29 is 14.5 Å². The summed E-state index contributed by atoms with van der Waals surface area (Å²) >= 11 is 0. The molecule has 2 heterocycles. The average molecular weight is 290 g/mol. The van der Waals surface area contributed by atoms with Crippen molar-refractivity contribution in [2.45, 2.75) is 6.54 Å². The van der Waals surface area contributed by atoms with Gasteiger partial charge in [-0.2, -0.15) is 0 Å². The first-order valence-corrected chi connectivity index (χ1v) is 5.80. The SMILES string of the molecule is O=C(Cn1cc([N+](=O)[O-])ccc1=O)NC(=O)c1ccc[nH]1. The predicted molar refractivity (Wildman–Crippen MR) is 70.6 cm³/mol. The van der Waals surface area contributed by atoms with Crippen LogP contribution in [0.3, 0.4) is 0 Å². The summed E-state index contributed by atoms with van der Waals surface area (Å²) in [6, 6.07) is 5.09. The van der Waals surface area contributed by atoms with Gasteiger partial charge in [-0.25, -0.2) is 0 Å². The molecule has 9 heteroatoms. The Hall–Kier alpha value is -3.23. The number of carbonyl (C=O) groups is 2. The fourth-order valence-corrected chi connectivity index (χ4v) is 1.61. The summed E-state index contributed by atoms with van der Waals surface area (Å²) < 4.78 is 0.857. The molecular weight excluding hydrogens is 280 g/mol. The molecule has 0 radical (unpaired) electrons. The first-order chi connectivity index (χ1) is 9.97. The number of aromatic nitrogens is 2. The van der Waals surface area contributed by atoms with E-state index in [9.17, 15) is 24.5 Å². The molecule has 0 spiro atoms. The highest BCUT2D eigenvalue weighted by Gasteiger charge is 2.14. The highest BCUT2D eigenvalue weighted by Crippen LogP contribution is 2.06. The van der Waals surface area contributed by atoms with Gasteiger partial charge in [0.25, 0.3) is 17.2 Å². The lowest BCUT2D eigenvalue weighted by atomic mass is 10.4. The van der Waals surface area contributed by atoms with Gasteiger partial charge < -0.3 is 4.98 Å². The van der Waals surface area contributed by atoms with Crippen molar-refractivity contribution in [2.24, 2.45) is 0 Å². The van der Waals surface area contributed by atoms with Crippen LogP contribution in [0, 0.1) is 10.1 Å². The summed E-state index contributed by atoms with van der Waals surface area (Å²) in [5.74, 6) is -1.40. The molecule has 0 aromatic carbocycles. The van der Waals surface area contributed by atoms with E-state index >= 15 is 0 Å². The number of H-pyrrole nitrogens is 1. The number of nitro groups is 1. The van der Waals surface area contributed by atoms with E-state index in [1.165, 1.54) is 12.3 Å². The minimum atomic E-state index is -0.753. The molecular formula is C12H10N4O5. The molecule has 0 bridgehead atoms. The molecule has 2 aromatic heterocycles. The van der Waals surface area contributed by atoms with E-state index in [0.717, 1.165) is 22.9 Å². The van der Waals surface area contributed by atoms with E-state index in [4.69, 9.17) is 0 Å². The number of nitrogens with zero attached hydrogens (tertiary/aromatic N) is 2. The van der Waals surface area contributed by atoms with Gasteiger partial charge in [0.2, 0.25) is 5.91 Å². The fraction of sp³-hybridized carbons (Fsp3) is 0.0833. The summed E-state index contributed by atoms with van der Waals surface area (Å²) in [6.45, 7) is -0.493. The van der Waals surface area contributed by atoms with E-state index in [2.05, 4.69) is 10.3 Å². The molecule has 0 aliphatic rings. The van der Waals surface area contributed by atoms with Crippen molar-refractivity contribution in [3.8, 4) is 0 Å². The Labute approximate surface area is 117 Å². The van der Waals surface area contributed by atoms with Crippen molar-refractivity contribution >= 4 is 17.5 Å². The third-order valence-corrected chi connectivity index (χ3v) is 2.59. The standard InChI is InChI=1S/C12H10N4O5/c17-10(14-12(19)9-2-1-5-13-9)7-15-6-8(16(20)21)3-4-11(15)18/h1-6,13H,7H2,(H,14,17,19). The number of hydrogen-bond acceptors (Lipinski definition) is 5. The molecule has 9 nitrogen and oxygen atoms in total. The number of carbonyl (C=O) groups excluding carboxylic acids is 2. The highest BCUT2D eigenvalue weighted by atomic mass is 16.6. The normalized spacial score (nSPS) is 10.1. The van der Waals surface area contributed by atoms with E-state index in [-0.39, 0.29) is 11.4 Å². The Morgan fingerprint density at radius 1 is 1.33 bits per heavy atom. The van der Waals surface area contributed by atoms with Crippen LogP contribution >= 0.6 is 0 Å². The maximum atomic E-state index is 11.7. The summed E-state index contributed by atoms with van der Waals surface area (Å²) in [4.78, 5) is 47.3. The third-order valence-electron chi connectivity index (χ3n) is 2.59. The molecule has 2 amide bonds. The lowest BCUT2D eigenvalue weighted by Gasteiger charge is -2.05. The van der Waals surface area contributed by atoms with Crippen molar-refractivity contribution in [1.29, 1.82) is 0 Å². The second-order valence-corrected chi connectivity index (χ2v) is 4.07. The van der Waals surface area contributed by atoms with Gasteiger partial charge >= 0.3 is 0 Å². The van der Waals surface area contributed by atoms with Crippen LogP contribution in [0.5, 0.6) is 0 Å². The Kier molecular flexibility index (Phi) is 3.93. The largest absolute Gasteiger partial charge is 0.357 e. The molecule has 2 aromatic rings. The predicted octanol–water partition coefficient (Wildman–Crippen LogP) is 0.0412. The van der Waals surface area contributed by atoms with Gasteiger partial charge in [0.05, 0.1) is 11.1 Å². The number of amides is 2. The van der Waals surface area contributed by atoms with Crippen LogP contribution in [0.1, 0.15) is 10.5 Å². The molecule has 2 rings (SSSR count). The zero-order valence-corrected chi connectivity index (χ0v) is 10.6. The Balaban J connectivity index is 2.09. The van der Waals surface area contributed by atoms with Gasteiger partial charge in [0.1, 0.15) is 12.2 Å². The second-order valence-electron chi connectivity index (χ2n) is 4.07. The molecule has 0 atom stereocenters. The van der Waals surface area contributed by atoms with Gasteiger partial charge in [-0.15, -0.1) is 0 Å². The monoisotopic (exact) mass is 290 g/mol. The summed E-state index contributed by atoms with van der Waals surface area (Å²) in [6.07, 6.45) is 2.46. The number of nitrogens with one attached hydrogen (secondary N) is 2. The lowest BCUT2D eigenvalue weighted by molar-refractivity contribution is -0.385. The van der Waals surface area contributed by atoms with Crippen molar-refractivity contribution in [3.63, 3.8) is 0 Å². The van der Waals surface area contributed by atoms with Crippen LogP contribution in [-0.4, -0.2) is 26.3 Å². The maximum absolute atomic E-state index is 11.7. The van der Waals surface area contributed by atoms with Crippen LogP contribution in [0.15, 0.2) is 41.5 Å². The number of pyridine rings is 1. The van der Waals surface area contributed by atoms with Crippen LogP contribution in [0.25, 0.3) is 0 Å². The third kappa shape index (κ3) is 3.41. The van der Waals surface area contributed by atoms with Gasteiger partial charge in [-0.3, -0.25) is 34.4 Å². The quantitative estimate of drug-likeness (QED) is 0.607. The van der Waals surface area contributed by atoms with Gasteiger partial charge in [0, 0.05) is 18.3 Å². The Bertz CT molecular complexity index is 747. The van der Waals surface area contributed by atoms with Gasteiger partial charge in [-0.05, 0) is 12.1 Å². The Morgan fingerprint density at radius 3 is 2.71 bits per heavy atom.